The molecule has 2 aromatic carbocycles. The first-order chi connectivity index (χ1) is 10.3. The summed E-state index contributed by atoms with van der Waals surface area (Å²) in [6.07, 6.45) is 1.02. The maximum Gasteiger partial charge on any atom is 0.119 e. The van der Waals surface area contributed by atoms with Crippen LogP contribution in [0.2, 0.25) is 0 Å². The van der Waals surface area contributed by atoms with Gasteiger partial charge in [-0.05, 0) is 44.1 Å². The maximum absolute atomic E-state index is 5.39. The summed E-state index contributed by atoms with van der Waals surface area (Å²) < 4.78 is 5.13. The van der Waals surface area contributed by atoms with Gasteiger partial charge in [0, 0.05) is 6.54 Å². The molecule has 0 radical (unpaired) electrons. The number of nitrogens with two attached hydrogens (primary N) is 1. The summed E-state index contributed by atoms with van der Waals surface area (Å²) >= 11 is 0. The van der Waals surface area contributed by atoms with Crippen LogP contribution in [-0.4, -0.2) is 20.2 Å². The second-order valence-electron chi connectivity index (χ2n) is 4.83. The number of aryl methyl sites for hydroxylation is 1. The van der Waals surface area contributed by atoms with Gasteiger partial charge in [0.15, 0.2) is 0 Å². The van der Waals surface area contributed by atoms with E-state index in [1.165, 1.54) is 11.1 Å². The van der Waals surface area contributed by atoms with Crippen LogP contribution < -0.4 is 15.8 Å². The predicted octanol–water partition coefficient (Wildman–Crippen LogP) is 3.13. The van der Waals surface area contributed by atoms with E-state index in [1.807, 2.05) is 36.4 Å². The Morgan fingerprint density at radius 3 is 2.38 bits per heavy atom. The normalized spacial score (nSPS) is 9.67. The predicted molar refractivity (Wildman–Crippen MR) is 89.6 cm³/mol. The van der Waals surface area contributed by atoms with Crippen LogP contribution >= 0.6 is 0 Å². The molecule has 0 spiro atoms. The molecule has 21 heavy (non-hydrogen) atoms. The van der Waals surface area contributed by atoms with Crippen molar-refractivity contribution in [3.05, 3.63) is 65.7 Å². The molecule has 0 saturated heterocycles. The average molecular weight is 286 g/mol. The van der Waals surface area contributed by atoms with E-state index in [-0.39, 0.29) is 0 Å². The highest BCUT2D eigenvalue weighted by atomic mass is 16.5. The van der Waals surface area contributed by atoms with E-state index in [0.29, 0.717) is 0 Å². The lowest BCUT2D eigenvalue weighted by Crippen LogP contribution is -2.17. The zero-order valence-electron chi connectivity index (χ0n) is 13.0. The molecule has 3 N–H and O–H groups in total. The molecule has 0 fully saturated rings. The molecule has 3 nitrogen and oxygen atoms in total. The first kappa shape index (κ1) is 17.2. The van der Waals surface area contributed by atoms with E-state index >= 15 is 0 Å². The zero-order chi connectivity index (χ0) is 15.3. The highest BCUT2D eigenvalue weighted by Gasteiger charge is 1.94. The largest absolute Gasteiger partial charge is 0.497 e. The fourth-order valence-electron chi connectivity index (χ4n) is 1.78. The van der Waals surface area contributed by atoms with Crippen molar-refractivity contribution in [3.63, 3.8) is 0 Å². The Labute approximate surface area is 128 Å². The summed E-state index contributed by atoms with van der Waals surface area (Å²) in [6.45, 7) is 4.66. The van der Waals surface area contributed by atoms with Crippen molar-refractivity contribution >= 4 is 0 Å². The van der Waals surface area contributed by atoms with Gasteiger partial charge >= 0.3 is 0 Å². The monoisotopic (exact) mass is 286 g/mol. The van der Waals surface area contributed by atoms with E-state index in [0.717, 1.165) is 31.8 Å². The van der Waals surface area contributed by atoms with Crippen molar-refractivity contribution in [1.29, 1.82) is 0 Å². The van der Waals surface area contributed by atoms with E-state index in [2.05, 4.69) is 30.4 Å². The van der Waals surface area contributed by atoms with Gasteiger partial charge in [0.05, 0.1) is 7.11 Å². The van der Waals surface area contributed by atoms with Crippen LogP contribution in [0, 0.1) is 6.92 Å². The van der Waals surface area contributed by atoms with Crippen molar-refractivity contribution in [2.45, 2.75) is 19.9 Å². The summed E-state index contributed by atoms with van der Waals surface area (Å²) in [5.74, 6) is 0.906. The molecule has 3 heteroatoms. The number of hydrogen-bond donors (Lipinski definition) is 2. The van der Waals surface area contributed by atoms with Crippen LogP contribution in [0.3, 0.4) is 0 Å². The average Bonchev–Trinajstić information content (AvgIpc) is 2.53. The van der Waals surface area contributed by atoms with Crippen LogP contribution in [-0.2, 0) is 6.54 Å². The summed E-state index contributed by atoms with van der Waals surface area (Å²) in [5.41, 5.74) is 7.95. The highest BCUT2D eigenvalue weighted by molar-refractivity contribution is 5.28. The summed E-state index contributed by atoms with van der Waals surface area (Å²) in [7, 11) is 1.68. The third-order valence-corrected chi connectivity index (χ3v) is 2.96. The Balaban J connectivity index is 0.000000262. The first-order valence-electron chi connectivity index (χ1n) is 7.31. The minimum absolute atomic E-state index is 0.741. The van der Waals surface area contributed by atoms with Gasteiger partial charge in [-0.2, -0.15) is 0 Å². The van der Waals surface area contributed by atoms with Crippen molar-refractivity contribution in [3.8, 4) is 5.75 Å². The fraction of sp³-hybridized carbons (Fsp3) is 0.333. The van der Waals surface area contributed by atoms with Gasteiger partial charge in [0.25, 0.3) is 0 Å². The Bertz CT molecular complexity index is 486. The summed E-state index contributed by atoms with van der Waals surface area (Å²) in [4.78, 5) is 0. The van der Waals surface area contributed by atoms with E-state index in [4.69, 9.17) is 10.5 Å². The number of rotatable bonds is 6. The van der Waals surface area contributed by atoms with Gasteiger partial charge in [-0.25, -0.2) is 0 Å². The Morgan fingerprint density at radius 2 is 1.81 bits per heavy atom. The minimum Gasteiger partial charge on any atom is -0.497 e. The van der Waals surface area contributed by atoms with Gasteiger partial charge in [-0.3, -0.25) is 0 Å². The number of methoxy groups -OCH3 is 1. The van der Waals surface area contributed by atoms with Crippen LogP contribution in [0.25, 0.3) is 0 Å². The van der Waals surface area contributed by atoms with Crippen LogP contribution in [0.5, 0.6) is 5.75 Å². The fourth-order valence-corrected chi connectivity index (χ4v) is 1.78. The molecule has 0 atom stereocenters. The van der Waals surface area contributed by atoms with Gasteiger partial charge in [0.1, 0.15) is 5.75 Å². The molecule has 0 aromatic heterocycles. The Hall–Kier alpha value is -1.84. The number of hydrogen-bond acceptors (Lipinski definition) is 3. The van der Waals surface area contributed by atoms with Crippen molar-refractivity contribution < 1.29 is 4.74 Å². The lowest BCUT2D eigenvalue weighted by Gasteiger charge is -2.05. The number of nitrogens with one attached hydrogen (secondary N) is 1. The second-order valence-corrected chi connectivity index (χ2v) is 4.83. The topological polar surface area (TPSA) is 47.3 Å². The SMILES string of the molecule is COc1cccc(CNCCCN)c1.Cc1ccccc1. The lowest BCUT2D eigenvalue weighted by molar-refractivity contribution is 0.414. The molecule has 0 saturated carbocycles. The molecular weight excluding hydrogens is 260 g/mol. The molecule has 2 rings (SSSR count). The van der Waals surface area contributed by atoms with Crippen LogP contribution in [0.4, 0.5) is 0 Å². The zero-order valence-corrected chi connectivity index (χ0v) is 13.0. The highest BCUT2D eigenvalue weighted by Crippen LogP contribution is 2.11. The summed E-state index contributed by atoms with van der Waals surface area (Å²) in [5, 5.41) is 3.32. The molecule has 0 amide bonds. The second kappa shape index (κ2) is 10.9. The molecule has 0 aliphatic heterocycles. The molecule has 0 unspecified atom stereocenters. The molecule has 2 aromatic rings. The van der Waals surface area contributed by atoms with Crippen LogP contribution in [0.1, 0.15) is 17.5 Å². The quantitative estimate of drug-likeness (QED) is 0.802. The molecule has 0 aliphatic carbocycles. The van der Waals surface area contributed by atoms with Gasteiger partial charge in [-0.15, -0.1) is 0 Å². The minimum atomic E-state index is 0.741. The standard InChI is InChI=1S/C11H18N2O.C7H8/c1-14-11-5-2-4-10(8-11)9-13-7-3-6-12;1-7-5-3-2-4-6-7/h2,4-5,8,13H,3,6-7,9,12H2,1H3;2-6H,1H3. The maximum atomic E-state index is 5.39. The Morgan fingerprint density at radius 1 is 1.05 bits per heavy atom. The number of ether oxygens (including phenoxy) is 1. The first-order valence-corrected chi connectivity index (χ1v) is 7.31. The van der Waals surface area contributed by atoms with Crippen molar-refractivity contribution in [2.24, 2.45) is 5.73 Å². The molecular formula is C18H26N2O. The van der Waals surface area contributed by atoms with Crippen molar-refractivity contribution in [2.75, 3.05) is 20.2 Å². The van der Waals surface area contributed by atoms with Crippen LogP contribution in [0.15, 0.2) is 54.6 Å². The molecule has 0 aliphatic rings. The number of benzene rings is 2. The summed E-state index contributed by atoms with van der Waals surface area (Å²) in [6, 6.07) is 18.3. The molecule has 0 bridgehead atoms. The third kappa shape index (κ3) is 8.12. The smallest absolute Gasteiger partial charge is 0.119 e. The van der Waals surface area contributed by atoms with Gasteiger partial charge in [-0.1, -0.05) is 48.0 Å². The lowest BCUT2D eigenvalue weighted by atomic mass is 10.2. The molecule has 114 valence electrons. The van der Waals surface area contributed by atoms with E-state index in [1.54, 1.807) is 7.11 Å². The third-order valence-electron chi connectivity index (χ3n) is 2.96. The van der Waals surface area contributed by atoms with Crippen molar-refractivity contribution in [1.82, 2.24) is 5.32 Å². The van der Waals surface area contributed by atoms with E-state index < -0.39 is 0 Å². The Kier molecular flexibility index (Phi) is 8.93. The molecule has 0 heterocycles. The van der Waals surface area contributed by atoms with Gasteiger partial charge in [0.2, 0.25) is 0 Å². The van der Waals surface area contributed by atoms with E-state index in [9.17, 15) is 0 Å². The van der Waals surface area contributed by atoms with Gasteiger partial charge < -0.3 is 15.8 Å².